The Morgan fingerprint density at radius 3 is 2.84 bits per heavy atom. The summed E-state index contributed by atoms with van der Waals surface area (Å²) in [6, 6.07) is 7.89. The van der Waals surface area contributed by atoms with Gasteiger partial charge in [0.1, 0.15) is 16.5 Å². The van der Waals surface area contributed by atoms with Gasteiger partial charge >= 0.3 is 0 Å². The summed E-state index contributed by atoms with van der Waals surface area (Å²) in [5.74, 6) is -0.309. The molecule has 3 rings (SSSR count). The number of hydrogen-bond donors (Lipinski definition) is 1. The number of rotatable bonds is 1. The Balaban J connectivity index is 2.25. The molecule has 6 heteroatoms. The number of fused-ring (bicyclic) bond motifs is 1. The number of benzene rings is 1. The van der Waals surface area contributed by atoms with Crippen molar-refractivity contribution in [3.8, 4) is 11.4 Å². The molecule has 0 aliphatic heterocycles. The van der Waals surface area contributed by atoms with Crippen LogP contribution in [0.3, 0.4) is 0 Å². The average molecular weight is 278 g/mol. The minimum Gasteiger partial charge on any atom is -0.353 e. The summed E-state index contributed by atoms with van der Waals surface area (Å²) in [5, 5.41) is 4.65. The smallest absolute Gasteiger partial charge is 0.285 e. The molecule has 0 saturated carbocycles. The van der Waals surface area contributed by atoms with Crippen LogP contribution in [-0.4, -0.2) is 14.8 Å². The average Bonchev–Trinajstić information content (AvgIpc) is 2.81. The molecule has 0 unspecified atom stereocenters. The van der Waals surface area contributed by atoms with Gasteiger partial charge in [0.25, 0.3) is 5.56 Å². The second-order valence-corrected chi connectivity index (χ2v) is 4.60. The van der Waals surface area contributed by atoms with Crippen LogP contribution in [0.5, 0.6) is 0 Å². The molecule has 19 heavy (non-hydrogen) atoms. The first-order valence-electron chi connectivity index (χ1n) is 5.58. The third-order valence-electron chi connectivity index (χ3n) is 2.91. The van der Waals surface area contributed by atoms with Gasteiger partial charge in [-0.2, -0.15) is 5.10 Å². The summed E-state index contributed by atoms with van der Waals surface area (Å²) in [4.78, 5) is 14.5. The van der Waals surface area contributed by atoms with Gasteiger partial charge in [0.15, 0.2) is 0 Å². The maximum Gasteiger partial charge on any atom is 0.285 e. The summed E-state index contributed by atoms with van der Waals surface area (Å²) in [6.07, 6.45) is 0. The standard InChI is InChI=1S/C13H9ClFN3O/c1-18-13(19)8(14)6-12(17-18)11-5-7-9(15)3-2-4-10(7)16-11/h2-6,16H,1H3. The van der Waals surface area contributed by atoms with Crippen molar-refractivity contribution in [2.24, 2.45) is 7.05 Å². The van der Waals surface area contributed by atoms with Gasteiger partial charge in [-0.3, -0.25) is 4.79 Å². The van der Waals surface area contributed by atoms with Gasteiger partial charge in [-0.25, -0.2) is 9.07 Å². The van der Waals surface area contributed by atoms with Gasteiger partial charge in [0, 0.05) is 18.0 Å². The van der Waals surface area contributed by atoms with E-state index in [-0.39, 0.29) is 16.4 Å². The van der Waals surface area contributed by atoms with E-state index in [1.54, 1.807) is 18.2 Å². The molecule has 0 aliphatic carbocycles. The number of H-pyrrole nitrogens is 1. The Morgan fingerprint density at radius 1 is 1.37 bits per heavy atom. The molecule has 1 N–H and O–H groups in total. The third-order valence-corrected chi connectivity index (χ3v) is 3.18. The zero-order chi connectivity index (χ0) is 13.6. The van der Waals surface area contributed by atoms with Crippen LogP contribution in [0.2, 0.25) is 5.02 Å². The van der Waals surface area contributed by atoms with Crippen molar-refractivity contribution in [1.82, 2.24) is 14.8 Å². The molecule has 4 nitrogen and oxygen atoms in total. The molecule has 0 aliphatic rings. The Bertz CT molecular complexity index is 811. The van der Waals surface area contributed by atoms with Crippen molar-refractivity contribution >= 4 is 22.5 Å². The first kappa shape index (κ1) is 11.9. The molecule has 0 spiro atoms. The van der Waals surface area contributed by atoms with E-state index in [9.17, 15) is 9.18 Å². The van der Waals surface area contributed by atoms with E-state index in [2.05, 4.69) is 10.1 Å². The Labute approximate surface area is 112 Å². The SMILES string of the molecule is Cn1nc(-c2cc3c(F)cccc3[nH]2)cc(Cl)c1=O. The summed E-state index contributed by atoms with van der Waals surface area (Å²) in [5.41, 5.74) is 1.40. The number of aromatic amines is 1. The van der Waals surface area contributed by atoms with Gasteiger partial charge in [-0.05, 0) is 24.3 Å². The highest BCUT2D eigenvalue weighted by atomic mass is 35.5. The quantitative estimate of drug-likeness (QED) is 0.743. The van der Waals surface area contributed by atoms with Gasteiger partial charge in [0.2, 0.25) is 0 Å². The fourth-order valence-corrected chi connectivity index (χ4v) is 2.19. The monoisotopic (exact) mass is 277 g/mol. The molecule has 3 aromatic rings. The summed E-state index contributed by atoms with van der Waals surface area (Å²) < 4.78 is 14.8. The second kappa shape index (κ2) is 4.20. The molecule has 0 atom stereocenters. The van der Waals surface area contributed by atoms with Crippen LogP contribution in [0.25, 0.3) is 22.3 Å². The first-order chi connectivity index (χ1) is 9.06. The van der Waals surface area contributed by atoms with Crippen LogP contribution in [0.15, 0.2) is 35.1 Å². The van der Waals surface area contributed by atoms with E-state index >= 15 is 0 Å². The number of halogens is 2. The van der Waals surface area contributed by atoms with Gasteiger partial charge in [-0.1, -0.05) is 17.7 Å². The highest BCUT2D eigenvalue weighted by Gasteiger charge is 2.10. The fraction of sp³-hybridized carbons (Fsp3) is 0.0769. The number of aromatic nitrogens is 3. The topological polar surface area (TPSA) is 50.7 Å². The largest absolute Gasteiger partial charge is 0.353 e. The van der Waals surface area contributed by atoms with Crippen LogP contribution in [0.4, 0.5) is 4.39 Å². The van der Waals surface area contributed by atoms with E-state index in [4.69, 9.17) is 11.6 Å². The normalized spacial score (nSPS) is 11.1. The number of hydrogen-bond acceptors (Lipinski definition) is 2. The van der Waals surface area contributed by atoms with Crippen molar-refractivity contribution in [3.05, 3.63) is 51.5 Å². The molecule has 0 fully saturated rings. The van der Waals surface area contributed by atoms with Crippen molar-refractivity contribution < 1.29 is 4.39 Å². The predicted octanol–water partition coefficient (Wildman–Crippen LogP) is 2.72. The molecule has 1 aromatic carbocycles. The Kier molecular flexibility index (Phi) is 2.64. The van der Waals surface area contributed by atoms with E-state index < -0.39 is 0 Å². The fourth-order valence-electron chi connectivity index (χ4n) is 1.96. The molecule has 2 aromatic heterocycles. The van der Waals surface area contributed by atoms with Gasteiger partial charge < -0.3 is 4.98 Å². The van der Waals surface area contributed by atoms with E-state index in [1.807, 2.05) is 0 Å². The molecule has 0 bridgehead atoms. The molecule has 0 radical (unpaired) electrons. The lowest BCUT2D eigenvalue weighted by Crippen LogP contribution is -2.20. The number of nitrogens with zero attached hydrogens (tertiary/aromatic N) is 2. The van der Waals surface area contributed by atoms with E-state index in [0.29, 0.717) is 22.3 Å². The maximum absolute atomic E-state index is 13.6. The zero-order valence-corrected chi connectivity index (χ0v) is 10.7. The van der Waals surface area contributed by atoms with Crippen molar-refractivity contribution in [1.29, 1.82) is 0 Å². The third kappa shape index (κ3) is 1.92. The van der Waals surface area contributed by atoms with Crippen molar-refractivity contribution in [3.63, 3.8) is 0 Å². The van der Waals surface area contributed by atoms with Crippen molar-refractivity contribution in [2.45, 2.75) is 0 Å². The lowest BCUT2D eigenvalue weighted by Gasteiger charge is -2.01. The Hall–Kier alpha value is -2.14. The van der Waals surface area contributed by atoms with Crippen molar-refractivity contribution in [2.75, 3.05) is 0 Å². The van der Waals surface area contributed by atoms with E-state index in [0.717, 1.165) is 4.68 Å². The molecular weight excluding hydrogens is 269 g/mol. The minimum absolute atomic E-state index is 0.0756. The van der Waals surface area contributed by atoms with Crippen LogP contribution in [-0.2, 0) is 7.05 Å². The van der Waals surface area contributed by atoms with E-state index in [1.165, 1.54) is 19.2 Å². The summed E-state index contributed by atoms with van der Waals surface area (Å²) in [7, 11) is 1.51. The highest BCUT2D eigenvalue weighted by molar-refractivity contribution is 6.30. The Morgan fingerprint density at radius 2 is 2.16 bits per heavy atom. The zero-order valence-electron chi connectivity index (χ0n) is 9.95. The predicted molar refractivity (Wildman–Crippen MR) is 71.7 cm³/mol. The number of aryl methyl sites for hydroxylation is 1. The molecular formula is C13H9ClFN3O. The number of nitrogens with one attached hydrogen (secondary N) is 1. The summed E-state index contributed by atoms with van der Waals surface area (Å²) >= 11 is 5.84. The maximum atomic E-state index is 13.6. The second-order valence-electron chi connectivity index (χ2n) is 4.19. The van der Waals surface area contributed by atoms with Crippen LogP contribution in [0, 0.1) is 5.82 Å². The van der Waals surface area contributed by atoms with Gasteiger partial charge in [0.05, 0.1) is 5.69 Å². The minimum atomic E-state index is -0.368. The lowest BCUT2D eigenvalue weighted by molar-refractivity contribution is 0.640. The molecule has 0 amide bonds. The lowest BCUT2D eigenvalue weighted by atomic mass is 10.2. The van der Waals surface area contributed by atoms with Crippen LogP contribution >= 0.6 is 11.6 Å². The van der Waals surface area contributed by atoms with Crippen LogP contribution in [0.1, 0.15) is 0 Å². The van der Waals surface area contributed by atoms with Gasteiger partial charge in [-0.15, -0.1) is 0 Å². The molecule has 96 valence electrons. The molecule has 2 heterocycles. The van der Waals surface area contributed by atoms with Crippen LogP contribution < -0.4 is 5.56 Å². The first-order valence-corrected chi connectivity index (χ1v) is 5.95. The molecule has 0 saturated heterocycles. The highest BCUT2D eigenvalue weighted by Crippen LogP contribution is 2.25. The summed E-state index contributed by atoms with van der Waals surface area (Å²) in [6.45, 7) is 0.